The van der Waals surface area contributed by atoms with E-state index in [1.807, 2.05) is 0 Å². The number of aromatic hydroxyl groups is 1. The second kappa shape index (κ2) is 7.27. The van der Waals surface area contributed by atoms with Gasteiger partial charge in [-0.1, -0.05) is 26.3 Å². The summed E-state index contributed by atoms with van der Waals surface area (Å²) in [6.07, 6.45) is 1.25. The molecule has 2 aromatic rings. The van der Waals surface area contributed by atoms with Crippen molar-refractivity contribution in [3.63, 3.8) is 0 Å². The van der Waals surface area contributed by atoms with Gasteiger partial charge in [-0.25, -0.2) is 0 Å². The Labute approximate surface area is 127 Å². The van der Waals surface area contributed by atoms with E-state index in [2.05, 4.69) is 13.8 Å². The van der Waals surface area contributed by atoms with Crippen molar-refractivity contribution in [3.05, 3.63) is 41.5 Å². The molecule has 0 saturated heterocycles. The van der Waals surface area contributed by atoms with Crippen LogP contribution in [-0.2, 0) is 0 Å². The average Bonchev–Trinajstić information content (AvgIpc) is 2.37. The molecule has 1 N–H and O–H groups in total. The van der Waals surface area contributed by atoms with Crippen LogP contribution in [0.1, 0.15) is 41.0 Å². The fourth-order valence-electron chi connectivity index (χ4n) is 1.57. The van der Waals surface area contributed by atoms with E-state index in [1.165, 1.54) is 24.6 Å². The molecule has 0 bridgehead atoms. The third kappa shape index (κ3) is 3.95. The zero-order valence-electron chi connectivity index (χ0n) is 11.1. The van der Waals surface area contributed by atoms with Gasteiger partial charge in [-0.15, -0.1) is 0 Å². The third-order valence-corrected chi connectivity index (χ3v) is 2.82. The molecule has 0 aliphatic heterocycles. The first kappa shape index (κ1) is 16.5. The standard InChI is InChI=1S/C12H6Cl2O3.C3H8/c13-11(16)7-2-1-6-5-10(15)9(12(14)17)4-8(6)3-7;1-3-2/h1-5,15H;3H2,1-2H3. The molecular formula is C15H14Cl2O3. The van der Waals surface area contributed by atoms with Crippen molar-refractivity contribution in [2.75, 3.05) is 0 Å². The van der Waals surface area contributed by atoms with Gasteiger partial charge in [-0.3, -0.25) is 9.59 Å². The summed E-state index contributed by atoms with van der Waals surface area (Å²) in [5.74, 6) is -0.192. The highest BCUT2D eigenvalue weighted by Crippen LogP contribution is 2.27. The van der Waals surface area contributed by atoms with Crippen molar-refractivity contribution < 1.29 is 14.7 Å². The molecule has 106 valence electrons. The van der Waals surface area contributed by atoms with Crippen LogP contribution in [0.15, 0.2) is 30.3 Å². The molecule has 2 rings (SSSR count). The van der Waals surface area contributed by atoms with E-state index in [4.69, 9.17) is 23.2 Å². The van der Waals surface area contributed by atoms with E-state index in [0.29, 0.717) is 16.3 Å². The normalized spacial score (nSPS) is 9.80. The van der Waals surface area contributed by atoms with Gasteiger partial charge in [0.1, 0.15) is 5.75 Å². The van der Waals surface area contributed by atoms with Crippen LogP contribution in [0.4, 0.5) is 0 Å². The lowest BCUT2D eigenvalue weighted by atomic mass is 10.0. The number of benzene rings is 2. The van der Waals surface area contributed by atoms with Gasteiger partial charge in [-0.2, -0.15) is 0 Å². The lowest BCUT2D eigenvalue weighted by Crippen LogP contribution is -1.92. The molecule has 0 unspecified atom stereocenters. The second-order valence-corrected chi connectivity index (χ2v) is 4.87. The van der Waals surface area contributed by atoms with Crippen LogP contribution in [0.3, 0.4) is 0 Å². The molecule has 0 atom stereocenters. The molecule has 3 nitrogen and oxygen atoms in total. The Morgan fingerprint density at radius 3 is 2.10 bits per heavy atom. The third-order valence-electron chi connectivity index (χ3n) is 2.39. The van der Waals surface area contributed by atoms with Gasteiger partial charge in [0.15, 0.2) is 0 Å². The van der Waals surface area contributed by atoms with Crippen molar-refractivity contribution in [1.82, 2.24) is 0 Å². The fraction of sp³-hybridized carbons (Fsp3) is 0.200. The van der Waals surface area contributed by atoms with Crippen LogP contribution in [-0.4, -0.2) is 15.6 Å². The Balaban J connectivity index is 0.000000612. The highest BCUT2D eigenvalue weighted by molar-refractivity contribution is 6.68. The van der Waals surface area contributed by atoms with Crippen molar-refractivity contribution in [3.8, 4) is 5.75 Å². The Morgan fingerprint density at radius 2 is 1.60 bits per heavy atom. The number of hydrogen-bond donors (Lipinski definition) is 1. The van der Waals surface area contributed by atoms with Gasteiger partial charge in [0.2, 0.25) is 0 Å². The summed E-state index contributed by atoms with van der Waals surface area (Å²) >= 11 is 10.7. The molecule has 0 fully saturated rings. The quantitative estimate of drug-likeness (QED) is 0.816. The molecule has 0 saturated carbocycles. The summed E-state index contributed by atoms with van der Waals surface area (Å²) in [5, 5.41) is 9.51. The molecule has 0 aliphatic carbocycles. The van der Waals surface area contributed by atoms with Crippen LogP contribution in [0.5, 0.6) is 5.75 Å². The smallest absolute Gasteiger partial charge is 0.256 e. The maximum Gasteiger partial charge on any atom is 0.256 e. The van der Waals surface area contributed by atoms with Crippen LogP contribution in [0, 0.1) is 0 Å². The number of hydrogen-bond acceptors (Lipinski definition) is 3. The van der Waals surface area contributed by atoms with Gasteiger partial charge < -0.3 is 5.11 Å². The van der Waals surface area contributed by atoms with Crippen LogP contribution in [0.2, 0.25) is 0 Å². The lowest BCUT2D eigenvalue weighted by molar-refractivity contribution is 0.107. The topological polar surface area (TPSA) is 54.4 Å². The van der Waals surface area contributed by atoms with E-state index in [0.717, 1.165) is 0 Å². The van der Waals surface area contributed by atoms with Gasteiger partial charge in [0.25, 0.3) is 10.5 Å². The van der Waals surface area contributed by atoms with Gasteiger partial charge in [0.05, 0.1) is 5.56 Å². The first-order chi connectivity index (χ1) is 9.40. The monoisotopic (exact) mass is 312 g/mol. The molecule has 5 heteroatoms. The number of carbonyl (C=O) groups excluding carboxylic acids is 2. The first-order valence-corrected chi connectivity index (χ1v) is 6.82. The summed E-state index contributed by atoms with van der Waals surface area (Å²) in [4.78, 5) is 22.0. The van der Waals surface area contributed by atoms with Gasteiger partial charge >= 0.3 is 0 Å². The predicted molar refractivity (Wildman–Crippen MR) is 81.9 cm³/mol. The zero-order chi connectivity index (χ0) is 15.3. The van der Waals surface area contributed by atoms with Crippen molar-refractivity contribution in [2.24, 2.45) is 0 Å². The van der Waals surface area contributed by atoms with Gasteiger partial charge in [0, 0.05) is 5.56 Å². The van der Waals surface area contributed by atoms with Crippen molar-refractivity contribution in [1.29, 1.82) is 0 Å². The Hall–Kier alpha value is -1.58. The number of phenolic OH excluding ortho intramolecular Hbond substituents is 1. The Kier molecular flexibility index (Phi) is 5.99. The van der Waals surface area contributed by atoms with E-state index in [1.54, 1.807) is 12.1 Å². The van der Waals surface area contributed by atoms with Gasteiger partial charge in [-0.05, 0) is 58.2 Å². The molecule has 0 heterocycles. The molecular weight excluding hydrogens is 299 g/mol. The first-order valence-electron chi connectivity index (χ1n) is 6.07. The minimum Gasteiger partial charge on any atom is -0.507 e. The summed E-state index contributed by atoms with van der Waals surface area (Å²) in [6.45, 7) is 4.25. The van der Waals surface area contributed by atoms with Crippen LogP contribution >= 0.6 is 23.2 Å². The van der Waals surface area contributed by atoms with Crippen LogP contribution in [0.25, 0.3) is 10.8 Å². The van der Waals surface area contributed by atoms with E-state index in [9.17, 15) is 14.7 Å². The summed E-state index contributed by atoms with van der Waals surface area (Å²) < 4.78 is 0. The SMILES string of the molecule is CCC.O=C(Cl)c1ccc2cc(O)c(C(=O)Cl)cc2c1. The second-order valence-electron chi connectivity index (χ2n) is 4.19. The molecule has 0 spiro atoms. The number of fused-ring (bicyclic) bond motifs is 1. The van der Waals surface area contributed by atoms with Crippen molar-refractivity contribution in [2.45, 2.75) is 20.3 Å². The maximum absolute atomic E-state index is 11.0. The zero-order valence-corrected chi connectivity index (χ0v) is 12.6. The highest BCUT2D eigenvalue weighted by atomic mass is 35.5. The van der Waals surface area contributed by atoms with E-state index in [-0.39, 0.29) is 11.3 Å². The number of rotatable bonds is 2. The van der Waals surface area contributed by atoms with Crippen molar-refractivity contribution >= 4 is 44.5 Å². The fourth-order valence-corrected chi connectivity index (χ4v) is 1.83. The minimum atomic E-state index is -0.757. The minimum absolute atomic E-state index is 0.00154. The molecule has 0 radical (unpaired) electrons. The predicted octanol–water partition coefficient (Wildman–Crippen LogP) is 4.72. The average molecular weight is 313 g/mol. The van der Waals surface area contributed by atoms with E-state index >= 15 is 0 Å². The molecule has 0 aromatic heterocycles. The Morgan fingerprint density at radius 1 is 1.00 bits per heavy atom. The number of halogens is 2. The Bertz CT molecular complexity index is 651. The maximum atomic E-state index is 11.0. The number of carbonyl (C=O) groups is 2. The van der Waals surface area contributed by atoms with E-state index < -0.39 is 10.5 Å². The summed E-state index contributed by atoms with van der Waals surface area (Å²) in [6, 6.07) is 7.54. The highest BCUT2D eigenvalue weighted by Gasteiger charge is 2.11. The summed E-state index contributed by atoms with van der Waals surface area (Å²) in [7, 11) is 0. The number of phenols is 1. The summed E-state index contributed by atoms with van der Waals surface area (Å²) in [5.41, 5.74) is 0.316. The molecule has 0 aliphatic rings. The lowest BCUT2D eigenvalue weighted by Gasteiger charge is -2.04. The molecule has 20 heavy (non-hydrogen) atoms. The largest absolute Gasteiger partial charge is 0.507 e. The van der Waals surface area contributed by atoms with Crippen LogP contribution < -0.4 is 0 Å². The molecule has 0 amide bonds. The molecule has 2 aromatic carbocycles.